The molecule has 0 bridgehead atoms. The summed E-state index contributed by atoms with van der Waals surface area (Å²) in [6, 6.07) is 1.91. The fraction of sp³-hybridized carbons (Fsp3) is 0.579. The van der Waals surface area contributed by atoms with Gasteiger partial charge in [0.15, 0.2) is 11.0 Å². The third kappa shape index (κ3) is 3.65. The topological polar surface area (TPSA) is 125 Å². The van der Waals surface area contributed by atoms with Crippen molar-refractivity contribution in [1.82, 2.24) is 25.0 Å². The van der Waals surface area contributed by atoms with Crippen molar-refractivity contribution in [3.8, 4) is 6.07 Å². The average molecular weight is 430 g/mol. The molecule has 2 aromatic heterocycles. The molecule has 0 saturated heterocycles. The summed E-state index contributed by atoms with van der Waals surface area (Å²) in [5, 5.41) is 23.6. The van der Waals surface area contributed by atoms with Crippen molar-refractivity contribution in [2.45, 2.75) is 52.2 Å². The van der Waals surface area contributed by atoms with Crippen LogP contribution in [0, 0.1) is 30.1 Å². The number of likely N-dealkylation sites (N-methyl/N-ethyl adjacent to an activating group) is 1. The van der Waals surface area contributed by atoms with Crippen LogP contribution in [0.4, 0.5) is 17.5 Å². The Balaban J connectivity index is 1.41. The quantitative estimate of drug-likeness (QED) is 0.741. The number of hydrogen-bond acceptors (Lipinski definition) is 8. The van der Waals surface area contributed by atoms with E-state index in [1.54, 1.807) is 0 Å². The van der Waals surface area contributed by atoms with Crippen LogP contribution in [0.1, 0.15) is 38.1 Å². The lowest BCUT2D eigenvalue weighted by Gasteiger charge is -2.38. The molecule has 158 valence electrons. The Morgan fingerprint density at radius 2 is 2.07 bits per heavy atom. The molecule has 3 heterocycles. The van der Waals surface area contributed by atoms with E-state index >= 15 is 0 Å². The van der Waals surface area contributed by atoms with E-state index in [2.05, 4.69) is 30.8 Å². The number of anilines is 3. The van der Waals surface area contributed by atoms with Gasteiger partial charge in [0.1, 0.15) is 17.8 Å². The molecule has 2 aliphatic rings. The summed E-state index contributed by atoms with van der Waals surface area (Å²) in [5.74, 6) is 1.82. The summed E-state index contributed by atoms with van der Waals surface area (Å²) in [7, 11) is 1.90. The number of aromatic nitrogens is 5. The third-order valence-electron chi connectivity index (χ3n) is 5.68. The lowest BCUT2D eigenvalue weighted by molar-refractivity contribution is -0.118. The number of fused-ring (bicyclic) bond motifs is 1. The van der Waals surface area contributed by atoms with Crippen LogP contribution in [0.15, 0.2) is 0 Å². The van der Waals surface area contributed by atoms with Crippen molar-refractivity contribution < 1.29 is 4.79 Å². The van der Waals surface area contributed by atoms with E-state index in [0.29, 0.717) is 24.1 Å². The minimum Gasteiger partial charge on any atom is -0.351 e. The number of aryl methyl sites for hydroxylation is 1. The molecule has 30 heavy (non-hydrogen) atoms. The number of halogens is 1. The second kappa shape index (κ2) is 7.72. The van der Waals surface area contributed by atoms with Crippen molar-refractivity contribution in [2.24, 2.45) is 11.8 Å². The summed E-state index contributed by atoms with van der Waals surface area (Å²) >= 11 is 5.87. The molecule has 1 amide bonds. The summed E-state index contributed by atoms with van der Waals surface area (Å²) in [5.41, 5.74) is 1.56. The van der Waals surface area contributed by atoms with Crippen LogP contribution in [0.25, 0.3) is 0 Å². The van der Waals surface area contributed by atoms with Crippen LogP contribution in [0.3, 0.4) is 0 Å². The van der Waals surface area contributed by atoms with Crippen LogP contribution < -0.4 is 15.5 Å². The van der Waals surface area contributed by atoms with Gasteiger partial charge in [-0.25, -0.2) is 4.98 Å². The van der Waals surface area contributed by atoms with Gasteiger partial charge in [-0.3, -0.25) is 4.79 Å². The number of nitrogens with zero attached hydrogens (tertiary/aromatic N) is 7. The first-order valence-electron chi connectivity index (χ1n) is 9.96. The molecule has 0 spiro atoms. The molecular weight excluding hydrogens is 406 g/mol. The van der Waals surface area contributed by atoms with E-state index in [4.69, 9.17) is 16.9 Å². The van der Waals surface area contributed by atoms with Gasteiger partial charge >= 0.3 is 0 Å². The van der Waals surface area contributed by atoms with E-state index in [1.165, 1.54) is 4.80 Å². The Labute approximate surface area is 179 Å². The predicted octanol–water partition coefficient (Wildman–Crippen LogP) is 2.21. The monoisotopic (exact) mass is 429 g/mol. The largest absolute Gasteiger partial charge is 0.351 e. The molecule has 1 aliphatic heterocycles. The van der Waals surface area contributed by atoms with Gasteiger partial charge < -0.3 is 15.5 Å². The van der Waals surface area contributed by atoms with Gasteiger partial charge in [-0.1, -0.05) is 25.4 Å². The van der Waals surface area contributed by atoms with Gasteiger partial charge in [0, 0.05) is 13.1 Å². The van der Waals surface area contributed by atoms with Crippen molar-refractivity contribution in [3.05, 3.63) is 16.5 Å². The van der Waals surface area contributed by atoms with E-state index < -0.39 is 0 Å². The summed E-state index contributed by atoms with van der Waals surface area (Å²) in [6.07, 6.45) is 1.84. The van der Waals surface area contributed by atoms with Crippen molar-refractivity contribution >= 4 is 35.0 Å². The normalized spacial score (nSPS) is 22.9. The van der Waals surface area contributed by atoms with Crippen LogP contribution in [0.5, 0.6) is 0 Å². The lowest BCUT2D eigenvalue weighted by Crippen LogP contribution is -2.50. The van der Waals surface area contributed by atoms with Gasteiger partial charge in [0.25, 0.3) is 0 Å². The minimum absolute atomic E-state index is 0.0267. The third-order valence-corrected chi connectivity index (χ3v) is 5.94. The van der Waals surface area contributed by atoms with Gasteiger partial charge in [-0.15, -0.1) is 10.2 Å². The van der Waals surface area contributed by atoms with Crippen LogP contribution in [-0.4, -0.2) is 50.0 Å². The number of carbonyl (C=O) groups excluding carboxylic acids is 1. The minimum atomic E-state index is -0.264. The first kappa shape index (κ1) is 20.3. The summed E-state index contributed by atoms with van der Waals surface area (Å²) in [4.78, 5) is 25.1. The Kier molecular flexibility index (Phi) is 5.24. The molecule has 0 radical (unpaired) electrons. The number of hydrogen-bond donors (Lipinski definition) is 2. The molecule has 1 unspecified atom stereocenters. The number of amides is 1. The standard InChI is InChI=1S/C19H24ClN9O/c1-9(2)15-18(30)24-14-10(3)22-19(25-17(14)28(15)4)23-12-5-11(6-12)8-29-26-13(7-21)16(20)27-29/h9,11-12,15H,5-6,8H2,1-4H3,(H,24,30)(H,22,23,25)/t11-,12+,15?. The van der Waals surface area contributed by atoms with Gasteiger partial charge in [-0.2, -0.15) is 15.0 Å². The predicted molar refractivity (Wildman–Crippen MR) is 112 cm³/mol. The first-order valence-corrected chi connectivity index (χ1v) is 10.3. The van der Waals surface area contributed by atoms with Crippen molar-refractivity contribution in [1.29, 1.82) is 5.26 Å². The Morgan fingerprint density at radius 1 is 1.33 bits per heavy atom. The highest BCUT2D eigenvalue weighted by molar-refractivity contribution is 6.30. The van der Waals surface area contributed by atoms with Gasteiger partial charge in [0.05, 0.1) is 12.2 Å². The number of carbonyl (C=O) groups is 1. The Hall–Kier alpha value is -2.93. The number of nitriles is 1. The molecule has 10 nitrogen and oxygen atoms in total. The van der Waals surface area contributed by atoms with Crippen LogP contribution >= 0.6 is 11.6 Å². The van der Waals surface area contributed by atoms with E-state index in [0.717, 1.165) is 24.4 Å². The molecule has 1 atom stereocenters. The highest BCUT2D eigenvalue weighted by atomic mass is 35.5. The lowest BCUT2D eigenvalue weighted by atomic mass is 9.80. The number of nitrogens with one attached hydrogen (secondary N) is 2. The van der Waals surface area contributed by atoms with E-state index in [-0.39, 0.29) is 34.8 Å². The molecule has 2 aromatic rings. The van der Waals surface area contributed by atoms with E-state index in [9.17, 15) is 4.79 Å². The fourth-order valence-electron chi connectivity index (χ4n) is 4.17. The van der Waals surface area contributed by atoms with Crippen molar-refractivity contribution in [3.63, 3.8) is 0 Å². The maximum Gasteiger partial charge on any atom is 0.247 e. The zero-order chi connectivity index (χ0) is 21.6. The first-order chi connectivity index (χ1) is 14.3. The second-order valence-corrected chi connectivity index (χ2v) is 8.66. The molecule has 1 saturated carbocycles. The van der Waals surface area contributed by atoms with Crippen LogP contribution in [0.2, 0.25) is 5.15 Å². The fourth-order valence-corrected chi connectivity index (χ4v) is 4.34. The summed E-state index contributed by atoms with van der Waals surface area (Å²) < 4.78 is 0. The molecule has 0 aromatic carbocycles. The zero-order valence-electron chi connectivity index (χ0n) is 17.3. The maximum absolute atomic E-state index is 12.4. The zero-order valence-corrected chi connectivity index (χ0v) is 18.1. The van der Waals surface area contributed by atoms with E-state index in [1.807, 2.05) is 38.8 Å². The molecule has 4 rings (SSSR count). The summed E-state index contributed by atoms with van der Waals surface area (Å²) in [6.45, 7) is 6.54. The maximum atomic E-state index is 12.4. The Bertz CT molecular complexity index is 1020. The van der Waals surface area contributed by atoms with Gasteiger partial charge in [0.2, 0.25) is 17.5 Å². The molecule has 1 aliphatic carbocycles. The molecule has 2 N–H and O–H groups in total. The molecular formula is C19H24ClN9O. The second-order valence-electron chi connectivity index (χ2n) is 8.31. The SMILES string of the molecule is Cc1nc(N[C@H]2C[C@@H](Cn3nc(Cl)c(C#N)n3)C2)nc2c1NC(=O)C(C(C)C)N2C. The highest BCUT2D eigenvalue weighted by Gasteiger charge is 2.36. The Morgan fingerprint density at radius 3 is 2.70 bits per heavy atom. The molecule has 11 heteroatoms. The molecule has 1 fully saturated rings. The van der Waals surface area contributed by atoms with Crippen molar-refractivity contribution in [2.75, 3.05) is 22.6 Å². The van der Waals surface area contributed by atoms with Gasteiger partial charge in [-0.05, 0) is 31.6 Å². The smallest absolute Gasteiger partial charge is 0.247 e. The highest BCUT2D eigenvalue weighted by Crippen LogP contribution is 2.36. The number of rotatable bonds is 5. The average Bonchev–Trinajstić information content (AvgIpc) is 3.00. The van der Waals surface area contributed by atoms with Crippen LogP contribution in [-0.2, 0) is 11.3 Å².